The standard InChI is InChI=1S/C13H9.C9H18.C5H5.2ClH.Hf/c1-3-7-12-10(5-1)9-11-6-2-4-8-13(11)12;1-8(2)6-5-7-9(3)4;1-2-4-5-3-1;;;/h1-5,7-8H,9H2;8-9H,6-7H2,1-4H3;1-3H,4H2;2*1H;/q;;;;;+2/p-2. The van der Waals surface area contributed by atoms with Crippen molar-refractivity contribution in [1.82, 2.24) is 0 Å². The van der Waals surface area contributed by atoms with Crippen molar-refractivity contribution in [2.24, 2.45) is 11.8 Å². The van der Waals surface area contributed by atoms with Gasteiger partial charge in [-0.3, -0.25) is 0 Å². The first kappa shape index (κ1) is 25.5. The number of allylic oxidation sites excluding steroid dienone is 4. The van der Waals surface area contributed by atoms with Gasteiger partial charge in [-0.05, 0) is 0 Å². The molecule has 0 radical (unpaired) electrons. The van der Waals surface area contributed by atoms with Crippen LogP contribution >= 0.6 is 0 Å². The van der Waals surface area contributed by atoms with E-state index in [9.17, 15) is 0 Å². The molecule has 0 saturated heterocycles. The fourth-order valence-electron chi connectivity index (χ4n) is 4.89. The maximum atomic E-state index is 2.51. The number of fused-ring (bicyclic) bond motifs is 3. The Bertz CT molecular complexity index is 968. The largest absolute Gasteiger partial charge is 1.00 e. The molecule has 0 spiro atoms. The fourth-order valence-corrected chi connectivity index (χ4v) is 18.5. The van der Waals surface area contributed by atoms with E-state index >= 15 is 0 Å². The molecule has 0 atom stereocenters. The van der Waals surface area contributed by atoms with E-state index in [1.54, 1.807) is 12.2 Å². The predicted octanol–water partition coefficient (Wildman–Crippen LogP) is 0.618. The molecule has 158 valence electrons. The Balaban J connectivity index is 0.00000160. The molecule has 0 nitrogen and oxygen atoms in total. The van der Waals surface area contributed by atoms with Crippen LogP contribution in [0, 0.1) is 11.8 Å². The summed E-state index contributed by atoms with van der Waals surface area (Å²) in [4.78, 5) is 0. The number of hydrogen-bond acceptors (Lipinski definition) is 0. The average molecular weight is 606 g/mol. The monoisotopic (exact) mass is 606 g/mol. The summed E-state index contributed by atoms with van der Waals surface area (Å²) in [5, 5.41) is 0. The third kappa shape index (κ3) is 5.34. The molecule has 2 aromatic carbocycles. The van der Waals surface area contributed by atoms with Crippen LogP contribution in [0.2, 0.25) is 0 Å². The van der Waals surface area contributed by atoms with Gasteiger partial charge in [0.25, 0.3) is 0 Å². The van der Waals surface area contributed by atoms with Gasteiger partial charge >= 0.3 is 179 Å². The van der Waals surface area contributed by atoms with Crippen LogP contribution in [-0.2, 0) is 27.4 Å². The van der Waals surface area contributed by atoms with E-state index in [-0.39, 0.29) is 24.8 Å². The Morgan fingerprint density at radius 3 is 2.17 bits per heavy atom. The van der Waals surface area contributed by atoms with Crippen LogP contribution < -0.4 is 28.1 Å². The van der Waals surface area contributed by atoms with Gasteiger partial charge < -0.3 is 24.8 Å². The molecule has 0 bridgehead atoms. The molecule has 4 rings (SSSR count). The van der Waals surface area contributed by atoms with Gasteiger partial charge in [-0.1, -0.05) is 0 Å². The molecule has 30 heavy (non-hydrogen) atoms. The summed E-state index contributed by atoms with van der Waals surface area (Å²) in [6, 6.07) is 16.2. The first-order chi connectivity index (χ1) is 13.5. The molecule has 2 aromatic rings. The van der Waals surface area contributed by atoms with Crippen molar-refractivity contribution in [1.29, 1.82) is 0 Å². The second-order valence-electron chi connectivity index (χ2n) is 9.16. The van der Waals surface area contributed by atoms with Crippen LogP contribution in [0.4, 0.5) is 0 Å². The summed E-state index contributed by atoms with van der Waals surface area (Å²) >= 11 is -2.29. The Morgan fingerprint density at radius 1 is 0.867 bits per heavy atom. The zero-order valence-corrected chi connectivity index (χ0v) is 23.6. The van der Waals surface area contributed by atoms with Crippen molar-refractivity contribution in [3.63, 3.8) is 0 Å². The van der Waals surface area contributed by atoms with Crippen molar-refractivity contribution < 1.29 is 45.8 Å². The number of rotatable bonds is 6. The van der Waals surface area contributed by atoms with E-state index in [4.69, 9.17) is 0 Å². The van der Waals surface area contributed by atoms with Gasteiger partial charge in [0.1, 0.15) is 0 Å². The summed E-state index contributed by atoms with van der Waals surface area (Å²) in [7, 11) is 0. The second kappa shape index (κ2) is 11.2. The minimum Gasteiger partial charge on any atom is -1.00 e. The van der Waals surface area contributed by atoms with Crippen molar-refractivity contribution in [3.8, 4) is 11.1 Å². The molecule has 0 fully saturated rings. The van der Waals surface area contributed by atoms with Crippen molar-refractivity contribution in [3.05, 3.63) is 75.1 Å². The summed E-state index contributed by atoms with van der Waals surface area (Å²) in [6.45, 7) is 9.60. The van der Waals surface area contributed by atoms with Crippen LogP contribution in [0.5, 0.6) is 0 Å². The molecule has 0 aliphatic heterocycles. The molecule has 0 N–H and O–H groups in total. The van der Waals surface area contributed by atoms with Gasteiger partial charge in [0.2, 0.25) is 0 Å². The Hall–Kier alpha value is -0.760. The van der Waals surface area contributed by atoms with Crippen LogP contribution in [0.25, 0.3) is 11.1 Å². The third-order valence-electron chi connectivity index (χ3n) is 5.88. The van der Waals surface area contributed by atoms with E-state index < -0.39 is 21.0 Å². The first-order valence-corrected chi connectivity index (χ1v) is 16.2. The van der Waals surface area contributed by atoms with Crippen LogP contribution in [-0.4, -0.2) is 3.26 Å². The zero-order chi connectivity index (χ0) is 19.7. The van der Waals surface area contributed by atoms with E-state index in [2.05, 4.69) is 88.4 Å². The number of halogens is 2. The van der Waals surface area contributed by atoms with Crippen LogP contribution in [0.1, 0.15) is 58.1 Å². The molecule has 2 aliphatic carbocycles. The Morgan fingerprint density at radius 2 is 1.53 bits per heavy atom. The van der Waals surface area contributed by atoms with E-state index in [0.717, 1.165) is 18.3 Å². The smallest absolute Gasteiger partial charge is 1.00 e. The molecule has 0 heterocycles. The minimum absolute atomic E-state index is 0. The maximum Gasteiger partial charge on any atom is -1.00 e. The molecule has 0 unspecified atom stereocenters. The predicted molar refractivity (Wildman–Crippen MR) is 120 cm³/mol. The maximum absolute atomic E-state index is 2.51. The van der Waals surface area contributed by atoms with Crippen molar-refractivity contribution >= 4 is 6.58 Å². The van der Waals surface area contributed by atoms with Gasteiger partial charge in [0, 0.05) is 0 Å². The summed E-state index contributed by atoms with van der Waals surface area (Å²) < 4.78 is 5.50. The molecule has 3 heteroatoms. The number of benzene rings is 2. The molecule has 0 saturated carbocycles. The quantitative estimate of drug-likeness (QED) is 0.362. The fraction of sp³-hybridized carbons (Fsp3) is 0.370. The Labute approximate surface area is 202 Å². The normalized spacial score (nSPS) is 13.2. The zero-order valence-electron chi connectivity index (χ0n) is 18.5. The minimum atomic E-state index is -2.29. The number of hydrogen-bond donors (Lipinski definition) is 0. The average Bonchev–Trinajstić information content (AvgIpc) is 3.29. The summed E-state index contributed by atoms with van der Waals surface area (Å²) in [6.07, 6.45) is 12.1. The summed E-state index contributed by atoms with van der Waals surface area (Å²) in [5.74, 6) is 1.50. The van der Waals surface area contributed by atoms with Gasteiger partial charge in [-0.25, -0.2) is 0 Å². The van der Waals surface area contributed by atoms with Gasteiger partial charge in [-0.2, -0.15) is 0 Å². The third-order valence-corrected chi connectivity index (χ3v) is 17.1. The van der Waals surface area contributed by atoms with Crippen LogP contribution in [0.15, 0.2) is 64.0 Å². The molecular weight excluding hydrogens is 574 g/mol. The van der Waals surface area contributed by atoms with Gasteiger partial charge in [-0.15, -0.1) is 0 Å². The molecular formula is C27H32Cl2Hf. The topological polar surface area (TPSA) is 0 Å². The second-order valence-corrected chi connectivity index (χ2v) is 18.6. The SMILES string of the molecule is CC(C)C[C](CC(C)C)=[Hf+2]([C]1=CC=CC1)[c]1cccc2c1Cc1ccccc1-2.[Cl-].[Cl-]. The first-order valence-electron chi connectivity index (χ1n) is 10.8. The van der Waals surface area contributed by atoms with Gasteiger partial charge in [0.15, 0.2) is 0 Å². The van der Waals surface area contributed by atoms with Crippen LogP contribution in [0.3, 0.4) is 0 Å². The molecule has 0 amide bonds. The van der Waals surface area contributed by atoms with E-state index in [1.165, 1.54) is 36.0 Å². The van der Waals surface area contributed by atoms with E-state index in [1.807, 2.05) is 3.26 Å². The Kier molecular flexibility index (Phi) is 9.53. The molecule has 0 aromatic heterocycles. The van der Waals surface area contributed by atoms with Crippen molar-refractivity contribution in [2.75, 3.05) is 0 Å². The van der Waals surface area contributed by atoms with Crippen molar-refractivity contribution in [2.45, 2.75) is 53.4 Å². The van der Waals surface area contributed by atoms with E-state index in [0.29, 0.717) is 0 Å². The van der Waals surface area contributed by atoms with Gasteiger partial charge in [0.05, 0.1) is 0 Å². The molecule has 2 aliphatic rings. The summed E-state index contributed by atoms with van der Waals surface area (Å²) in [5.41, 5.74) is 6.15.